The van der Waals surface area contributed by atoms with Gasteiger partial charge in [-0.05, 0) is 17.5 Å². The Hall–Kier alpha value is -1.77. The van der Waals surface area contributed by atoms with E-state index in [0.717, 1.165) is 10.9 Å². The van der Waals surface area contributed by atoms with E-state index >= 15 is 0 Å². The predicted molar refractivity (Wildman–Crippen MR) is 85.6 cm³/mol. The average Bonchev–Trinajstić information content (AvgIpc) is 3.01. The van der Waals surface area contributed by atoms with Crippen LogP contribution in [0.3, 0.4) is 0 Å². The van der Waals surface area contributed by atoms with E-state index in [-0.39, 0.29) is 22.5 Å². The fourth-order valence-electron chi connectivity index (χ4n) is 1.87. The van der Waals surface area contributed by atoms with Crippen LogP contribution < -0.4 is 4.72 Å². The standard InChI is InChI=1S/C14H16N2O4S2/c1-14(2,13-7-4-8-21-13)10-15-22(19,20)12-6-3-5-11(9-12)16(17)18/h3-9,15H,10H2,1-2H3. The van der Waals surface area contributed by atoms with Crippen molar-refractivity contribution in [1.82, 2.24) is 4.72 Å². The lowest BCUT2D eigenvalue weighted by Gasteiger charge is -2.23. The van der Waals surface area contributed by atoms with Crippen LogP contribution in [0.2, 0.25) is 0 Å². The molecule has 0 spiro atoms. The Kier molecular flexibility index (Phi) is 4.64. The summed E-state index contributed by atoms with van der Waals surface area (Å²) in [5, 5.41) is 12.7. The van der Waals surface area contributed by atoms with E-state index in [1.165, 1.54) is 18.2 Å². The molecular weight excluding hydrogens is 324 g/mol. The van der Waals surface area contributed by atoms with E-state index < -0.39 is 14.9 Å². The number of hydrogen-bond donors (Lipinski definition) is 1. The number of nitro groups is 1. The number of thiophene rings is 1. The van der Waals surface area contributed by atoms with Gasteiger partial charge in [-0.1, -0.05) is 26.0 Å². The molecule has 0 unspecified atom stereocenters. The third-order valence-electron chi connectivity index (χ3n) is 3.23. The van der Waals surface area contributed by atoms with Gasteiger partial charge in [0.05, 0.1) is 9.82 Å². The van der Waals surface area contributed by atoms with Gasteiger partial charge in [0, 0.05) is 29.0 Å². The molecule has 0 saturated carbocycles. The van der Waals surface area contributed by atoms with E-state index in [4.69, 9.17) is 0 Å². The van der Waals surface area contributed by atoms with Gasteiger partial charge in [-0.3, -0.25) is 10.1 Å². The van der Waals surface area contributed by atoms with Crippen molar-refractivity contribution in [3.8, 4) is 0 Å². The van der Waals surface area contributed by atoms with E-state index in [9.17, 15) is 18.5 Å². The minimum atomic E-state index is -3.79. The summed E-state index contributed by atoms with van der Waals surface area (Å²) in [5.41, 5.74) is -0.609. The van der Waals surface area contributed by atoms with E-state index in [1.807, 2.05) is 31.4 Å². The maximum Gasteiger partial charge on any atom is 0.270 e. The molecule has 0 amide bonds. The van der Waals surface area contributed by atoms with Gasteiger partial charge in [-0.15, -0.1) is 11.3 Å². The van der Waals surface area contributed by atoms with Crippen LogP contribution in [0.25, 0.3) is 0 Å². The zero-order valence-electron chi connectivity index (χ0n) is 12.1. The highest BCUT2D eigenvalue weighted by Crippen LogP contribution is 2.27. The summed E-state index contributed by atoms with van der Waals surface area (Å²) in [6, 6.07) is 8.88. The van der Waals surface area contributed by atoms with Gasteiger partial charge in [0.1, 0.15) is 0 Å². The van der Waals surface area contributed by atoms with Gasteiger partial charge in [0.2, 0.25) is 10.0 Å². The molecule has 1 N–H and O–H groups in total. The van der Waals surface area contributed by atoms with Crippen molar-refractivity contribution in [3.05, 3.63) is 56.8 Å². The first-order valence-corrected chi connectivity index (χ1v) is 8.87. The number of nitro benzene ring substituents is 1. The molecule has 2 aromatic rings. The van der Waals surface area contributed by atoms with Crippen LogP contribution in [-0.4, -0.2) is 19.9 Å². The third kappa shape index (κ3) is 3.70. The molecule has 0 fully saturated rings. The molecule has 22 heavy (non-hydrogen) atoms. The summed E-state index contributed by atoms with van der Waals surface area (Å²) < 4.78 is 27.1. The first-order chi connectivity index (χ1) is 10.2. The third-order valence-corrected chi connectivity index (χ3v) is 5.87. The number of hydrogen-bond acceptors (Lipinski definition) is 5. The largest absolute Gasteiger partial charge is 0.270 e. The first kappa shape index (κ1) is 16.6. The van der Waals surface area contributed by atoms with Gasteiger partial charge < -0.3 is 0 Å². The fourth-order valence-corrected chi connectivity index (χ4v) is 3.98. The molecule has 118 valence electrons. The van der Waals surface area contributed by atoms with Crippen molar-refractivity contribution in [2.45, 2.75) is 24.2 Å². The fraction of sp³-hybridized carbons (Fsp3) is 0.286. The molecule has 0 atom stereocenters. The number of rotatable bonds is 6. The second kappa shape index (κ2) is 6.15. The van der Waals surface area contributed by atoms with Crippen LogP contribution in [0.5, 0.6) is 0 Å². The van der Waals surface area contributed by atoms with Gasteiger partial charge >= 0.3 is 0 Å². The van der Waals surface area contributed by atoms with Crippen molar-refractivity contribution < 1.29 is 13.3 Å². The van der Waals surface area contributed by atoms with Gasteiger partial charge in [-0.2, -0.15) is 0 Å². The van der Waals surface area contributed by atoms with Crippen LogP contribution in [-0.2, 0) is 15.4 Å². The van der Waals surface area contributed by atoms with Crippen molar-refractivity contribution in [2.75, 3.05) is 6.54 Å². The van der Waals surface area contributed by atoms with Crippen LogP contribution >= 0.6 is 11.3 Å². The van der Waals surface area contributed by atoms with Gasteiger partial charge in [0.25, 0.3) is 5.69 Å². The highest BCUT2D eigenvalue weighted by atomic mass is 32.2. The van der Waals surface area contributed by atoms with Crippen molar-refractivity contribution in [2.24, 2.45) is 0 Å². The lowest BCUT2D eigenvalue weighted by atomic mass is 9.92. The molecule has 0 aliphatic heterocycles. The van der Waals surface area contributed by atoms with Crippen molar-refractivity contribution >= 4 is 27.0 Å². The molecule has 1 aromatic carbocycles. The molecule has 0 aliphatic rings. The topological polar surface area (TPSA) is 89.3 Å². The molecule has 6 nitrogen and oxygen atoms in total. The van der Waals surface area contributed by atoms with Crippen LogP contribution in [0, 0.1) is 10.1 Å². The normalized spacial score (nSPS) is 12.3. The summed E-state index contributed by atoms with van der Waals surface area (Å²) in [4.78, 5) is 11.1. The number of nitrogens with zero attached hydrogens (tertiary/aromatic N) is 1. The van der Waals surface area contributed by atoms with Crippen LogP contribution in [0.15, 0.2) is 46.7 Å². The first-order valence-electron chi connectivity index (χ1n) is 6.50. The Morgan fingerprint density at radius 1 is 1.27 bits per heavy atom. The lowest BCUT2D eigenvalue weighted by Crippen LogP contribution is -2.36. The average molecular weight is 340 g/mol. The summed E-state index contributed by atoms with van der Waals surface area (Å²) in [6.45, 7) is 4.09. The molecule has 1 aromatic heterocycles. The molecular formula is C14H16N2O4S2. The predicted octanol–water partition coefficient (Wildman–Crippen LogP) is 2.91. The molecule has 2 rings (SSSR count). The van der Waals surface area contributed by atoms with Gasteiger partial charge in [0.15, 0.2) is 0 Å². The minimum absolute atomic E-state index is 0.108. The Morgan fingerprint density at radius 2 is 2.00 bits per heavy atom. The zero-order chi connectivity index (χ0) is 16.4. The van der Waals surface area contributed by atoms with E-state index in [1.54, 1.807) is 11.3 Å². The smallest absolute Gasteiger partial charge is 0.258 e. The van der Waals surface area contributed by atoms with Crippen LogP contribution in [0.4, 0.5) is 5.69 Å². The summed E-state index contributed by atoms with van der Waals surface area (Å²) in [6.07, 6.45) is 0. The zero-order valence-corrected chi connectivity index (χ0v) is 13.8. The number of non-ortho nitro benzene ring substituents is 1. The van der Waals surface area contributed by atoms with E-state index in [0.29, 0.717) is 0 Å². The highest BCUT2D eigenvalue weighted by Gasteiger charge is 2.25. The van der Waals surface area contributed by atoms with E-state index in [2.05, 4.69) is 4.72 Å². The molecule has 8 heteroatoms. The Labute approximate surface area is 133 Å². The minimum Gasteiger partial charge on any atom is -0.258 e. The Morgan fingerprint density at radius 3 is 2.59 bits per heavy atom. The molecule has 1 heterocycles. The molecule has 0 bridgehead atoms. The Bertz CT molecular complexity index is 768. The number of nitrogens with one attached hydrogen (secondary N) is 1. The lowest BCUT2D eigenvalue weighted by molar-refractivity contribution is -0.385. The second-order valence-electron chi connectivity index (χ2n) is 5.44. The maximum absolute atomic E-state index is 12.3. The second-order valence-corrected chi connectivity index (χ2v) is 8.15. The number of sulfonamides is 1. The van der Waals surface area contributed by atoms with Crippen molar-refractivity contribution in [3.63, 3.8) is 0 Å². The quantitative estimate of drug-likeness (QED) is 0.647. The summed E-state index contributed by atoms with van der Waals surface area (Å²) in [5.74, 6) is 0. The molecule has 0 aliphatic carbocycles. The monoisotopic (exact) mass is 340 g/mol. The maximum atomic E-state index is 12.3. The summed E-state index contributed by atoms with van der Waals surface area (Å²) >= 11 is 1.56. The molecule has 0 radical (unpaired) electrons. The van der Waals surface area contributed by atoms with Crippen molar-refractivity contribution in [1.29, 1.82) is 0 Å². The SMILES string of the molecule is CC(C)(CNS(=O)(=O)c1cccc([N+](=O)[O-])c1)c1cccs1. The highest BCUT2D eigenvalue weighted by molar-refractivity contribution is 7.89. The summed E-state index contributed by atoms with van der Waals surface area (Å²) in [7, 11) is -3.79. The molecule has 0 saturated heterocycles. The Balaban J connectivity index is 2.18. The number of benzene rings is 1. The van der Waals surface area contributed by atoms with Gasteiger partial charge in [-0.25, -0.2) is 13.1 Å². The van der Waals surface area contributed by atoms with Crippen LogP contribution in [0.1, 0.15) is 18.7 Å².